The normalized spacial score (nSPS) is 15.6. The lowest BCUT2D eigenvalue weighted by Gasteiger charge is -2.14. The van der Waals surface area contributed by atoms with E-state index in [2.05, 4.69) is 23.4 Å². The van der Waals surface area contributed by atoms with Gasteiger partial charge in [-0.1, -0.05) is 13.8 Å². The maximum atomic E-state index is 11.0. The summed E-state index contributed by atoms with van der Waals surface area (Å²) in [6.07, 6.45) is 4.35. The Labute approximate surface area is 84.1 Å². The SMILES string of the molecule is CC(C)c1nc2n(c1C=O)CCCC2. The van der Waals surface area contributed by atoms with Gasteiger partial charge in [0.25, 0.3) is 0 Å². The highest BCUT2D eigenvalue weighted by Crippen LogP contribution is 2.23. The third-order valence-corrected chi connectivity index (χ3v) is 2.80. The van der Waals surface area contributed by atoms with Crippen molar-refractivity contribution in [3.8, 4) is 0 Å². The van der Waals surface area contributed by atoms with Gasteiger partial charge in [0, 0.05) is 13.0 Å². The number of hydrogen-bond acceptors (Lipinski definition) is 2. The lowest BCUT2D eigenvalue weighted by Crippen LogP contribution is -2.12. The van der Waals surface area contributed by atoms with E-state index in [9.17, 15) is 4.79 Å². The highest BCUT2D eigenvalue weighted by Gasteiger charge is 2.20. The van der Waals surface area contributed by atoms with E-state index in [-0.39, 0.29) is 0 Å². The predicted octanol–water partition coefficient (Wildman–Crippen LogP) is 2.16. The van der Waals surface area contributed by atoms with Gasteiger partial charge in [-0.2, -0.15) is 0 Å². The second-order valence-electron chi connectivity index (χ2n) is 4.18. The van der Waals surface area contributed by atoms with Gasteiger partial charge in [0.15, 0.2) is 6.29 Å². The minimum Gasteiger partial charge on any atom is -0.326 e. The fourth-order valence-electron chi connectivity index (χ4n) is 2.08. The molecule has 0 N–H and O–H groups in total. The molecule has 0 aromatic carbocycles. The van der Waals surface area contributed by atoms with E-state index >= 15 is 0 Å². The van der Waals surface area contributed by atoms with Gasteiger partial charge in [0.1, 0.15) is 11.5 Å². The van der Waals surface area contributed by atoms with Crippen LogP contribution in [0.3, 0.4) is 0 Å². The van der Waals surface area contributed by atoms with Gasteiger partial charge in [0.05, 0.1) is 5.69 Å². The lowest BCUT2D eigenvalue weighted by molar-refractivity contribution is 0.111. The van der Waals surface area contributed by atoms with Gasteiger partial charge in [-0.15, -0.1) is 0 Å². The quantitative estimate of drug-likeness (QED) is 0.673. The van der Waals surface area contributed by atoms with Crippen molar-refractivity contribution in [3.63, 3.8) is 0 Å². The molecule has 3 heteroatoms. The second-order valence-corrected chi connectivity index (χ2v) is 4.18. The maximum Gasteiger partial charge on any atom is 0.168 e. The van der Waals surface area contributed by atoms with Crippen molar-refractivity contribution < 1.29 is 4.79 Å². The Morgan fingerprint density at radius 3 is 2.86 bits per heavy atom. The van der Waals surface area contributed by atoms with Gasteiger partial charge in [0.2, 0.25) is 0 Å². The summed E-state index contributed by atoms with van der Waals surface area (Å²) in [6.45, 7) is 5.13. The summed E-state index contributed by atoms with van der Waals surface area (Å²) in [4.78, 5) is 15.6. The van der Waals surface area contributed by atoms with Crippen LogP contribution in [0.2, 0.25) is 0 Å². The molecule has 14 heavy (non-hydrogen) atoms. The van der Waals surface area contributed by atoms with Gasteiger partial charge < -0.3 is 4.57 Å². The van der Waals surface area contributed by atoms with Gasteiger partial charge in [-0.25, -0.2) is 4.98 Å². The van der Waals surface area contributed by atoms with Gasteiger partial charge >= 0.3 is 0 Å². The number of fused-ring (bicyclic) bond motifs is 1. The summed E-state index contributed by atoms with van der Waals surface area (Å²) in [5, 5.41) is 0. The number of carbonyl (C=O) groups excluding carboxylic acids is 1. The monoisotopic (exact) mass is 192 g/mol. The van der Waals surface area contributed by atoms with Crippen LogP contribution in [0.25, 0.3) is 0 Å². The molecule has 0 saturated heterocycles. The molecule has 0 saturated carbocycles. The summed E-state index contributed by atoms with van der Waals surface area (Å²) in [5.41, 5.74) is 1.77. The summed E-state index contributed by atoms with van der Waals surface area (Å²) < 4.78 is 2.09. The number of carbonyl (C=O) groups is 1. The van der Waals surface area contributed by atoms with Crippen molar-refractivity contribution in [1.29, 1.82) is 0 Å². The minimum absolute atomic E-state index is 0.341. The van der Waals surface area contributed by atoms with Crippen molar-refractivity contribution in [3.05, 3.63) is 17.2 Å². The Balaban J connectivity index is 2.51. The average molecular weight is 192 g/mol. The first-order valence-electron chi connectivity index (χ1n) is 5.28. The highest BCUT2D eigenvalue weighted by atomic mass is 16.1. The zero-order valence-corrected chi connectivity index (χ0v) is 8.79. The van der Waals surface area contributed by atoms with Gasteiger partial charge in [-0.05, 0) is 18.8 Å². The van der Waals surface area contributed by atoms with E-state index in [4.69, 9.17) is 0 Å². The summed E-state index contributed by atoms with van der Waals surface area (Å²) in [7, 11) is 0. The molecule has 0 fully saturated rings. The molecular weight excluding hydrogens is 176 g/mol. The first-order chi connectivity index (χ1) is 6.74. The predicted molar refractivity (Wildman–Crippen MR) is 54.6 cm³/mol. The number of aryl methyl sites for hydroxylation is 1. The molecule has 0 radical (unpaired) electrons. The second kappa shape index (κ2) is 3.56. The van der Waals surface area contributed by atoms with Crippen LogP contribution in [0.15, 0.2) is 0 Å². The standard InChI is InChI=1S/C11H16N2O/c1-8(2)11-9(7-14)13-6-4-3-5-10(13)12-11/h7-8H,3-6H2,1-2H3. The lowest BCUT2D eigenvalue weighted by atomic mass is 10.1. The maximum absolute atomic E-state index is 11.0. The number of rotatable bonds is 2. The zero-order chi connectivity index (χ0) is 10.1. The number of aldehydes is 1. The van der Waals surface area contributed by atoms with Crippen molar-refractivity contribution in [1.82, 2.24) is 9.55 Å². The molecular formula is C11H16N2O. The smallest absolute Gasteiger partial charge is 0.168 e. The fraction of sp³-hybridized carbons (Fsp3) is 0.636. The molecule has 1 aliphatic heterocycles. The largest absolute Gasteiger partial charge is 0.326 e. The first kappa shape index (κ1) is 9.44. The van der Waals surface area contributed by atoms with Crippen molar-refractivity contribution in [2.75, 3.05) is 0 Å². The van der Waals surface area contributed by atoms with Crippen LogP contribution in [-0.2, 0) is 13.0 Å². The number of hydrogen-bond donors (Lipinski definition) is 0. The summed E-state index contributed by atoms with van der Waals surface area (Å²) >= 11 is 0. The molecule has 2 rings (SSSR count). The Bertz CT molecular complexity index is 352. The first-order valence-corrected chi connectivity index (χ1v) is 5.28. The molecule has 0 amide bonds. The van der Waals surface area contributed by atoms with E-state index in [1.807, 2.05) is 0 Å². The van der Waals surface area contributed by atoms with Crippen LogP contribution in [0.1, 0.15) is 54.6 Å². The number of aromatic nitrogens is 2. The van der Waals surface area contributed by atoms with Crippen molar-refractivity contribution in [2.24, 2.45) is 0 Å². The molecule has 0 aliphatic carbocycles. The third kappa shape index (κ3) is 1.37. The average Bonchev–Trinajstić information content (AvgIpc) is 2.56. The fourth-order valence-corrected chi connectivity index (χ4v) is 2.08. The third-order valence-electron chi connectivity index (χ3n) is 2.80. The molecule has 3 nitrogen and oxygen atoms in total. The Hall–Kier alpha value is -1.12. The van der Waals surface area contributed by atoms with Crippen LogP contribution < -0.4 is 0 Å². The van der Waals surface area contributed by atoms with Crippen LogP contribution >= 0.6 is 0 Å². The van der Waals surface area contributed by atoms with E-state index in [1.54, 1.807) is 0 Å². The Morgan fingerprint density at radius 2 is 2.21 bits per heavy atom. The highest BCUT2D eigenvalue weighted by molar-refractivity contribution is 5.74. The zero-order valence-electron chi connectivity index (χ0n) is 8.79. The molecule has 0 atom stereocenters. The van der Waals surface area contributed by atoms with Crippen LogP contribution in [0, 0.1) is 0 Å². The summed E-state index contributed by atoms with van der Waals surface area (Å²) in [5.74, 6) is 1.44. The molecule has 1 aliphatic rings. The summed E-state index contributed by atoms with van der Waals surface area (Å²) in [6, 6.07) is 0. The van der Waals surface area contributed by atoms with Crippen molar-refractivity contribution in [2.45, 2.75) is 45.6 Å². The Morgan fingerprint density at radius 1 is 1.43 bits per heavy atom. The van der Waals surface area contributed by atoms with E-state index in [1.165, 1.54) is 12.8 Å². The van der Waals surface area contributed by atoms with Crippen LogP contribution in [0.4, 0.5) is 0 Å². The van der Waals surface area contributed by atoms with E-state index in [0.717, 1.165) is 36.5 Å². The molecule has 76 valence electrons. The topological polar surface area (TPSA) is 34.9 Å². The molecule has 0 unspecified atom stereocenters. The molecule has 2 heterocycles. The van der Waals surface area contributed by atoms with Crippen LogP contribution in [0.5, 0.6) is 0 Å². The Kier molecular flexibility index (Phi) is 2.40. The molecule has 1 aromatic heterocycles. The number of nitrogens with zero attached hydrogens (tertiary/aromatic N) is 2. The number of imidazole rings is 1. The molecule has 0 bridgehead atoms. The van der Waals surface area contributed by atoms with E-state index < -0.39 is 0 Å². The van der Waals surface area contributed by atoms with Crippen LogP contribution in [-0.4, -0.2) is 15.8 Å². The molecule has 1 aromatic rings. The van der Waals surface area contributed by atoms with Crippen molar-refractivity contribution >= 4 is 6.29 Å². The van der Waals surface area contributed by atoms with E-state index in [0.29, 0.717) is 5.92 Å². The minimum atomic E-state index is 0.341. The van der Waals surface area contributed by atoms with Gasteiger partial charge in [-0.3, -0.25) is 4.79 Å². The molecule has 0 spiro atoms.